The van der Waals surface area contributed by atoms with Gasteiger partial charge in [0.15, 0.2) is 0 Å². The SMILES string of the molecule is C[N+](C)(C)CCCCC(N)C(=O)O.NC(=O)C(N)=O. The van der Waals surface area contributed by atoms with E-state index in [1.165, 1.54) is 0 Å². The molecule has 2 amide bonds. The van der Waals surface area contributed by atoms with Gasteiger partial charge in [-0.15, -0.1) is 0 Å². The fraction of sp³-hybridized carbons (Fsp3) is 0.727. The standard InChI is InChI=1S/C9H20N2O2.C2H4N2O2/c1-11(2,3)7-5-4-6-8(10)9(12)13;3-1(5)2(4)6/h8H,4-7,10H2,1-3H3;(H2,3,5)(H2,4,6)/p+1. The van der Waals surface area contributed by atoms with Gasteiger partial charge in [-0.3, -0.25) is 14.4 Å². The van der Waals surface area contributed by atoms with E-state index >= 15 is 0 Å². The number of primary amides is 2. The number of hydrogen-bond donors (Lipinski definition) is 4. The van der Waals surface area contributed by atoms with Crippen molar-refractivity contribution in [3.8, 4) is 0 Å². The van der Waals surface area contributed by atoms with E-state index in [1.807, 2.05) is 0 Å². The van der Waals surface area contributed by atoms with Gasteiger partial charge in [-0.1, -0.05) is 0 Å². The smallest absolute Gasteiger partial charge is 0.320 e. The summed E-state index contributed by atoms with van der Waals surface area (Å²) >= 11 is 0. The number of carbonyl (C=O) groups excluding carboxylic acids is 2. The predicted molar refractivity (Wildman–Crippen MR) is 70.8 cm³/mol. The highest BCUT2D eigenvalue weighted by Gasteiger charge is 2.12. The Hall–Kier alpha value is -1.67. The van der Waals surface area contributed by atoms with Crippen LogP contribution < -0.4 is 17.2 Å². The number of hydrogen-bond acceptors (Lipinski definition) is 4. The minimum absolute atomic E-state index is 0.579. The summed E-state index contributed by atoms with van der Waals surface area (Å²) in [6.07, 6.45) is 2.50. The Morgan fingerprint density at radius 2 is 1.47 bits per heavy atom. The van der Waals surface area contributed by atoms with Crippen LogP contribution in [0.5, 0.6) is 0 Å². The van der Waals surface area contributed by atoms with E-state index in [1.54, 1.807) is 0 Å². The van der Waals surface area contributed by atoms with Gasteiger partial charge in [0, 0.05) is 0 Å². The number of carbonyl (C=O) groups is 3. The van der Waals surface area contributed by atoms with E-state index in [2.05, 4.69) is 32.6 Å². The van der Waals surface area contributed by atoms with Crippen molar-refractivity contribution in [2.75, 3.05) is 27.7 Å². The first-order valence-corrected chi connectivity index (χ1v) is 5.85. The zero-order valence-corrected chi connectivity index (χ0v) is 11.8. The van der Waals surface area contributed by atoms with Crippen molar-refractivity contribution in [2.24, 2.45) is 17.2 Å². The highest BCUT2D eigenvalue weighted by molar-refractivity contribution is 6.33. The van der Waals surface area contributed by atoms with Crippen molar-refractivity contribution in [3.63, 3.8) is 0 Å². The average molecular weight is 277 g/mol. The molecule has 0 aliphatic carbocycles. The van der Waals surface area contributed by atoms with E-state index in [-0.39, 0.29) is 0 Å². The third-order valence-electron chi connectivity index (χ3n) is 2.15. The lowest BCUT2D eigenvalue weighted by molar-refractivity contribution is -0.870. The predicted octanol–water partition coefficient (Wildman–Crippen LogP) is -1.77. The maximum atomic E-state index is 10.4. The van der Waals surface area contributed by atoms with Crippen LogP contribution in [0.3, 0.4) is 0 Å². The van der Waals surface area contributed by atoms with Crippen LogP contribution in [-0.2, 0) is 14.4 Å². The fourth-order valence-corrected chi connectivity index (χ4v) is 1.07. The molecule has 1 atom stereocenters. The first-order chi connectivity index (χ1) is 8.47. The summed E-state index contributed by atoms with van der Waals surface area (Å²) in [6.45, 7) is 1.06. The maximum Gasteiger partial charge on any atom is 0.320 e. The number of carboxylic acids is 1. The van der Waals surface area contributed by atoms with E-state index in [4.69, 9.17) is 10.8 Å². The molecule has 0 aliphatic rings. The highest BCUT2D eigenvalue weighted by atomic mass is 16.4. The molecule has 19 heavy (non-hydrogen) atoms. The molecule has 0 aromatic rings. The number of aliphatic carboxylic acids is 1. The zero-order chi connectivity index (χ0) is 15.6. The number of amides is 2. The summed E-state index contributed by atoms with van der Waals surface area (Å²) in [7, 11) is 6.37. The lowest BCUT2D eigenvalue weighted by Crippen LogP contribution is -2.35. The fourth-order valence-electron chi connectivity index (χ4n) is 1.07. The van der Waals surface area contributed by atoms with E-state index in [0.717, 1.165) is 23.9 Å². The molecule has 0 fully saturated rings. The average Bonchev–Trinajstić information content (AvgIpc) is 2.23. The molecule has 0 saturated carbocycles. The van der Waals surface area contributed by atoms with Gasteiger partial charge in [0.1, 0.15) is 6.04 Å². The van der Waals surface area contributed by atoms with Crippen LogP contribution in [0.25, 0.3) is 0 Å². The van der Waals surface area contributed by atoms with Gasteiger partial charge in [0.05, 0.1) is 27.7 Å². The third kappa shape index (κ3) is 16.3. The molecular weight excluding hydrogens is 252 g/mol. The summed E-state index contributed by atoms with van der Waals surface area (Å²) in [5.74, 6) is -3.10. The second-order valence-electron chi connectivity index (χ2n) is 5.18. The van der Waals surface area contributed by atoms with Gasteiger partial charge in [0.25, 0.3) is 0 Å². The van der Waals surface area contributed by atoms with Crippen LogP contribution in [0.15, 0.2) is 0 Å². The van der Waals surface area contributed by atoms with E-state index < -0.39 is 23.8 Å². The first kappa shape index (κ1) is 19.7. The van der Waals surface area contributed by atoms with Crippen molar-refractivity contribution < 1.29 is 24.0 Å². The van der Waals surface area contributed by atoms with Crippen LogP contribution in [0, 0.1) is 0 Å². The first-order valence-electron chi connectivity index (χ1n) is 5.85. The maximum absolute atomic E-state index is 10.4. The van der Waals surface area contributed by atoms with Crippen LogP contribution in [0.1, 0.15) is 19.3 Å². The minimum atomic E-state index is -1.10. The second-order valence-corrected chi connectivity index (χ2v) is 5.18. The number of unbranched alkanes of at least 4 members (excludes halogenated alkanes) is 1. The van der Waals surface area contributed by atoms with Gasteiger partial charge >= 0.3 is 17.8 Å². The van der Waals surface area contributed by atoms with Gasteiger partial charge < -0.3 is 26.8 Å². The second kappa shape index (κ2) is 9.29. The normalized spacial score (nSPS) is 12.0. The molecule has 8 heteroatoms. The molecule has 0 saturated heterocycles. The van der Waals surface area contributed by atoms with Crippen LogP contribution >= 0.6 is 0 Å². The molecule has 0 aromatic carbocycles. The monoisotopic (exact) mass is 277 g/mol. The zero-order valence-electron chi connectivity index (χ0n) is 11.8. The molecule has 0 heterocycles. The number of nitrogens with two attached hydrogens (primary N) is 3. The lowest BCUT2D eigenvalue weighted by atomic mass is 10.1. The van der Waals surface area contributed by atoms with Crippen LogP contribution in [0.4, 0.5) is 0 Å². The molecule has 0 radical (unpaired) electrons. The summed E-state index contributed by atoms with van der Waals surface area (Å²) in [4.78, 5) is 29.3. The Bertz CT molecular complexity index is 300. The van der Waals surface area contributed by atoms with Crippen molar-refractivity contribution in [3.05, 3.63) is 0 Å². The largest absolute Gasteiger partial charge is 0.480 e. The quantitative estimate of drug-likeness (QED) is 0.257. The molecule has 8 nitrogen and oxygen atoms in total. The van der Waals surface area contributed by atoms with Crippen molar-refractivity contribution in [1.82, 2.24) is 0 Å². The van der Waals surface area contributed by atoms with Crippen LogP contribution in [-0.4, -0.2) is 61.1 Å². The Balaban J connectivity index is 0. The van der Waals surface area contributed by atoms with Crippen LogP contribution in [0.2, 0.25) is 0 Å². The molecule has 0 aliphatic heterocycles. The molecule has 0 rings (SSSR count). The molecule has 1 unspecified atom stereocenters. The summed E-state index contributed by atoms with van der Waals surface area (Å²) < 4.78 is 0.919. The molecule has 0 spiro atoms. The number of nitrogens with zero attached hydrogens (tertiary/aromatic N) is 1. The Morgan fingerprint density at radius 1 is 1.05 bits per heavy atom. The van der Waals surface area contributed by atoms with Gasteiger partial charge in [-0.2, -0.15) is 0 Å². The highest BCUT2D eigenvalue weighted by Crippen LogP contribution is 2.02. The van der Waals surface area contributed by atoms with Gasteiger partial charge in [-0.25, -0.2) is 0 Å². The van der Waals surface area contributed by atoms with Gasteiger partial charge in [-0.05, 0) is 19.3 Å². The van der Waals surface area contributed by atoms with Crippen molar-refractivity contribution in [2.45, 2.75) is 25.3 Å². The number of carboxylic acid groups (broad SMARTS) is 1. The van der Waals surface area contributed by atoms with Gasteiger partial charge in [0.2, 0.25) is 0 Å². The number of quaternary nitrogens is 1. The number of rotatable bonds is 6. The van der Waals surface area contributed by atoms with E-state index in [9.17, 15) is 14.4 Å². The molecule has 7 N–H and O–H groups in total. The Kier molecular flexibility index (Phi) is 9.61. The Morgan fingerprint density at radius 3 is 1.74 bits per heavy atom. The lowest BCUT2D eigenvalue weighted by Gasteiger charge is -2.23. The van der Waals surface area contributed by atoms with E-state index in [0.29, 0.717) is 6.42 Å². The topological polar surface area (TPSA) is 150 Å². The summed E-state index contributed by atoms with van der Waals surface area (Å²) in [6, 6.07) is -0.688. The Labute approximate surface area is 113 Å². The third-order valence-corrected chi connectivity index (χ3v) is 2.15. The summed E-state index contributed by atoms with van der Waals surface area (Å²) in [5, 5.41) is 8.51. The molecule has 0 aromatic heterocycles. The molecular formula is C11H25N4O4+. The molecule has 0 bridgehead atoms. The summed E-state index contributed by atoms with van der Waals surface area (Å²) in [5.41, 5.74) is 14.0. The van der Waals surface area contributed by atoms with Crippen molar-refractivity contribution >= 4 is 17.8 Å². The van der Waals surface area contributed by atoms with Crippen molar-refractivity contribution in [1.29, 1.82) is 0 Å². The molecule has 112 valence electrons. The minimum Gasteiger partial charge on any atom is -0.480 e.